The summed E-state index contributed by atoms with van der Waals surface area (Å²) < 4.78 is 13.4. The van der Waals surface area contributed by atoms with Gasteiger partial charge < -0.3 is 15.8 Å². The van der Waals surface area contributed by atoms with Crippen LogP contribution in [0.15, 0.2) is 24.4 Å². The second-order valence-electron chi connectivity index (χ2n) is 3.22. The van der Waals surface area contributed by atoms with E-state index in [0.717, 1.165) is 0 Å². The maximum absolute atomic E-state index is 13.4. The third kappa shape index (κ3) is 1.46. The molecule has 0 aliphatic heterocycles. The fourth-order valence-electron chi connectivity index (χ4n) is 1.54. The van der Waals surface area contributed by atoms with Crippen molar-refractivity contribution in [2.75, 3.05) is 0 Å². The summed E-state index contributed by atoms with van der Waals surface area (Å²) in [5.41, 5.74) is 6.23. The quantitative estimate of drug-likeness (QED) is 0.697. The lowest BCUT2D eigenvalue weighted by Gasteiger charge is -2.04. The molecule has 4 nitrogen and oxygen atoms in total. The summed E-state index contributed by atoms with van der Waals surface area (Å²) in [5.74, 6) is -1.65. The van der Waals surface area contributed by atoms with Crippen LogP contribution in [-0.4, -0.2) is 16.1 Å². The molecule has 0 bridgehead atoms. The first-order chi connectivity index (χ1) is 7.11. The van der Waals surface area contributed by atoms with Gasteiger partial charge in [-0.1, -0.05) is 6.07 Å². The van der Waals surface area contributed by atoms with Gasteiger partial charge in [-0.2, -0.15) is 0 Å². The number of fused-ring (bicyclic) bond motifs is 1. The van der Waals surface area contributed by atoms with Crippen LogP contribution in [0.4, 0.5) is 4.39 Å². The molecule has 1 aromatic heterocycles. The van der Waals surface area contributed by atoms with Crippen LogP contribution >= 0.6 is 0 Å². The van der Waals surface area contributed by atoms with Gasteiger partial charge in [0.15, 0.2) is 0 Å². The number of rotatable bonds is 2. The van der Waals surface area contributed by atoms with Gasteiger partial charge in [0.25, 0.3) is 0 Å². The average Bonchev–Trinajstić information content (AvgIpc) is 2.61. The molecule has 0 unspecified atom stereocenters. The van der Waals surface area contributed by atoms with Crippen LogP contribution in [0.25, 0.3) is 10.9 Å². The summed E-state index contributed by atoms with van der Waals surface area (Å²) >= 11 is 0. The molecule has 0 aliphatic rings. The maximum Gasteiger partial charge on any atom is 0.325 e. The molecule has 1 atom stereocenters. The second-order valence-corrected chi connectivity index (χ2v) is 3.22. The number of carbonyl (C=O) groups is 1. The van der Waals surface area contributed by atoms with Crippen LogP contribution in [0.3, 0.4) is 0 Å². The van der Waals surface area contributed by atoms with Crippen LogP contribution in [0.2, 0.25) is 0 Å². The minimum Gasteiger partial charge on any atom is -0.480 e. The lowest BCUT2D eigenvalue weighted by Crippen LogP contribution is -2.20. The second kappa shape index (κ2) is 3.36. The Morgan fingerprint density at radius 1 is 1.53 bits per heavy atom. The molecule has 0 fully saturated rings. The lowest BCUT2D eigenvalue weighted by molar-refractivity contribution is -0.138. The molecule has 5 heteroatoms. The zero-order chi connectivity index (χ0) is 11.0. The van der Waals surface area contributed by atoms with Crippen molar-refractivity contribution in [2.45, 2.75) is 6.04 Å². The van der Waals surface area contributed by atoms with Crippen molar-refractivity contribution in [3.8, 4) is 0 Å². The molecular weight excluding hydrogens is 199 g/mol. The maximum atomic E-state index is 13.4. The summed E-state index contributed by atoms with van der Waals surface area (Å²) in [4.78, 5) is 13.5. The van der Waals surface area contributed by atoms with Crippen LogP contribution in [-0.2, 0) is 4.79 Å². The Labute approximate surface area is 84.5 Å². The molecule has 4 N–H and O–H groups in total. The molecule has 15 heavy (non-hydrogen) atoms. The molecule has 1 aromatic carbocycles. The molecule has 0 radical (unpaired) electrons. The molecule has 2 aromatic rings. The Balaban J connectivity index is 2.67. The molecular formula is C10H9FN2O2. The molecule has 0 saturated heterocycles. The highest BCUT2D eigenvalue weighted by Crippen LogP contribution is 2.25. The topological polar surface area (TPSA) is 79.1 Å². The predicted octanol–water partition coefficient (Wildman–Crippen LogP) is 1.39. The Morgan fingerprint density at radius 3 is 2.93 bits per heavy atom. The fourth-order valence-corrected chi connectivity index (χ4v) is 1.54. The van der Waals surface area contributed by atoms with Gasteiger partial charge in [0.1, 0.15) is 11.9 Å². The first-order valence-electron chi connectivity index (χ1n) is 4.35. The molecule has 0 aliphatic carbocycles. The van der Waals surface area contributed by atoms with E-state index in [4.69, 9.17) is 10.8 Å². The summed E-state index contributed by atoms with van der Waals surface area (Å²) in [6, 6.07) is 3.27. The van der Waals surface area contributed by atoms with Crippen molar-refractivity contribution in [1.82, 2.24) is 4.98 Å². The van der Waals surface area contributed by atoms with Crippen molar-refractivity contribution in [2.24, 2.45) is 5.73 Å². The number of aromatic amines is 1. The van der Waals surface area contributed by atoms with Gasteiger partial charge in [0, 0.05) is 22.7 Å². The van der Waals surface area contributed by atoms with E-state index < -0.39 is 17.8 Å². The van der Waals surface area contributed by atoms with Crippen molar-refractivity contribution >= 4 is 16.9 Å². The number of aromatic nitrogens is 1. The third-order valence-electron chi connectivity index (χ3n) is 2.29. The smallest absolute Gasteiger partial charge is 0.325 e. The number of carboxylic acids is 1. The highest BCUT2D eigenvalue weighted by Gasteiger charge is 2.19. The summed E-state index contributed by atoms with van der Waals surface area (Å²) in [6.45, 7) is 0. The number of nitrogens with two attached hydrogens (primary N) is 1. The number of H-pyrrole nitrogens is 1. The third-order valence-corrected chi connectivity index (χ3v) is 2.29. The van der Waals surface area contributed by atoms with E-state index in [-0.39, 0.29) is 10.9 Å². The number of carboxylic acid groups (broad SMARTS) is 1. The minimum atomic E-state index is -1.21. The largest absolute Gasteiger partial charge is 0.480 e. The van der Waals surface area contributed by atoms with E-state index in [0.29, 0.717) is 5.52 Å². The van der Waals surface area contributed by atoms with Gasteiger partial charge >= 0.3 is 5.97 Å². The summed E-state index contributed by atoms with van der Waals surface area (Å²) in [5, 5.41) is 8.99. The molecule has 2 rings (SSSR count). The molecule has 0 saturated carbocycles. The van der Waals surface area contributed by atoms with E-state index in [9.17, 15) is 9.18 Å². The summed E-state index contributed by atoms with van der Waals surface area (Å²) in [6.07, 6.45) is 1.42. The number of halogens is 1. The highest BCUT2D eigenvalue weighted by atomic mass is 19.1. The molecule has 0 spiro atoms. The number of nitrogens with one attached hydrogen (secondary N) is 1. The van der Waals surface area contributed by atoms with E-state index in [1.807, 2.05) is 0 Å². The Bertz CT molecular complexity index is 521. The van der Waals surface area contributed by atoms with Crippen molar-refractivity contribution in [3.05, 3.63) is 35.8 Å². The highest BCUT2D eigenvalue weighted by molar-refractivity contribution is 5.89. The minimum absolute atomic E-state index is 0.243. The number of hydrogen-bond donors (Lipinski definition) is 3. The number of benzene rings is 1. The Kier molecular flexibility index (Phi) is 2.17. The van der Waals surface area contributed by atoms with Gasteiger partial charge in [-0.25, -0.2) is 4.39 Å². The first kappa shape index (κ1) is 9.67. The predicted molar refractivity (Wildman–Crippen MR) is 52.8 cm³/mol. The normalized spacial score (nSPS) is 12.9. The van der Waals surface area contributed by atoms with E-state index in [2.05, 4.69) is 4.98 Å². The van der Waals surface area contributed by atoms with Gasteiger partial charge in [0.05, 0.1) is 0 Å². The lowest BCUT2D eigenvalue weighted by atomic mass is 10.1. The van der Waals surface area contributed by atoms with Crippen LogP contribution in [0, 0.1) is 5.82 Å². The molecule has 0 amide bonds. The van der Waals surface area contributed by atoms with Gasteiger partial charge in [-0.3, -0.25) is 4.79 Å². The van der Waals surface area contributed by atoms with Crippen LogP contribution in [0.5, 0.6) is 0 Å². The van der Waals surface area contributed by atoms with E-state index in [1.165, 1.54) is 12.3 Å². The standard InChI is InChI=1S/C10H9FN2O2/c11-6-2-1-3-7-8(6)5(4-13-7)9(12)10(14)15/h1-4,9,13H,12H2,(H,14,15)/t9-/m0/s1. The van der Waals surface area contributed by atoms with E-state index in [1.54, 1.807) is 12.1 Å². The summed E-state index contributed by atoms with van der Waals surface area (Å²) in [7, 11) is 0. The first-order valence-corrected chi connectivity index (χ1v) is 4.35. The zero-order valence-electron chi connectivity index (χ0n) is 7.70. The van der Waals surface area contributed by atoms with Gasteiger partial charge in [0.2, 0.25) is 0 Å². The fraction of sp³-hybridized carbons (Fsp3) is 0.100. The van der Waals surface area contributed by atoms with Gasteiger partial charge in [-0.05, 0) is 12.1 Å². The van der Waals surface area contributed by atoms with Crippen molar-refractivity contribution in [1.29, 1.82) is 0 Å². The monoisotopic (exact) mass is 208 g/mol. The zero-order valence-corrected chi connectivity index (χ0v) is 7.70. The van der Waals surface area contributed by atoms with Gasteiger partial charge in [-0.15, -0.1) is 0 Å². The van der Waals surface area contributed by atoms with Crippen molar-refractivity contribution in [3.63, 3.8) is 0 Å². The molecule has 78 valence electrons. The average molecular weight is 208 g/mol. The number of aliphatic carboxylic acids is 1. The van der Waals surface area contributed by atoms with E-state index >= 15 is 0 Å². The Hall–Kier alpha value is -1.88. The van der Waals surface area contributed by atoms with Crippen LogP contribution in [0.1, 0.15) is 11.6 Å². The Morgan fingerprint density at radius 2 is 2.27 bits per heavy atom. The molecule has 1 heterocycles. The number of hydrogen-bond acceptors (Lipinski definition) is 2. The SMILES string of the molecule is N[C@H](C(=O)O)c1c[nH]c2cccc(F)c12. The van der Waals surface area contributed by atoms with Crippen LogP contribution < -0.4 is 5.73 Å². The van der Waals surface area contributed by atoms with Crippen molar-refractivity contribution < 1.29 is 14.3 Å².